The van der Waals surface area contributed by atoms with Crippen molar-refractivity contribution in [2.75, 3.05) is 0 Å². The molecule has 0 spiro atoms. The van der Waals surface area contributed by atoms with Gasteiger partial charge in [0, 0.05) is 24.5 Å². The molecule has 2 aliphatic heterocycles. The fraction of sp³-hybridized carbons (Fsp3) is 0.636. The number of nitrogens with one attached hydrogen (secondary N) is 1. The molecule has 0 aromatic carbocycles. The van der Waals surface area contributed by atoms with E-state index in [4.69, 9.17) is 0 Å². The van der Waals surface area contributed by atoms with Crippen molar-refractivity contribution in [3.63, 3.8) is 0 Å². The van der Waals surface area contributed by atoms with Gasteiger partial charge >= 0.3 is 0 Å². The number of hydrogen-bond donors (Lipinski definition) is 2. The van der Waals surface area contributed by atoms with Crippen molar-refractivity contribution in [2.45, 2.75) is 48.8 Å². The first kappa shape index (κ1) is 11.3. The van der Waals surface area contributed by atoms with Crippen LogP contribution in [0.25, 0.3) is 0 Å². The Morgan fingerprint density at radius 3 is 2.47 bits per heavy atom. The van der Waals surface area contributed by atoms with Gasteiger partial charge in [-0.05, 0) is 31.7 Å². The van der Waals surface area contributed by atoms with Crippen LogP contribution in [-0.4, -0.2) is 41.0 Å². The highest BCUT2D eigenvalue weighted by molar-refractivity contribution is 7.89. The monoisotopic (exact) mass is 256 g/mol. The summed E-state index contributed by atoms with van der Waals surface area (Å²) in [5, 5.41) is 9.68. The SMILES string of the molecule is O=S(=O)(c1cc[nH]c1)N1C2CCC1CC(O)C2. The zero-order chi connectivity index (χ0) is 12.0. The minimum absolute atomic E-state index is 0.0244. The van der Waals surface area contributed by atoms with Crippen molar-refractivity contribution in [3.8, 4) is 0 Å². The van der Waals surface area contributed by atoms with Gasteiger partial charge in [-0.1, -0.05) is 0 Å². The van der Waals surface area contributed by atoms with Crippen LogP contribution in [0.4, 0.5) is 0 Å². The number of rotatable bonds is 2. The predicted octanol–water partition coefficient (Wildman–Crippen LogP) is 0.691. The van der Waals surface area contributed by atoms with Gasteiger partial charge in [-0.15, -0.1) is 0 Å². The number of aliphatic hydroxyl groups is 1. The largest absolute Gasteiger partial charge is 0.393 e. The molecule has 3 heterocycles. The third-order valence-electron chi connectivity index (χ3n) is 3.79. The molecule has 2 unspecified atom stereocenters. The van der Waals surface area contributed by atoms with Gasteiger partial charge in [0.05, 0.1) is 11.0 Å². The van der Waals surface area contributed by atoms with Gasteiger partial charge in [0.25, 0.3) is 0 Å². The number of hydrogen-bond acceptors (Lipinski definition) is 3. The Labute approximate surface area is 100 Å². The molecule has 17 heavy (non-hydrogen) atoms. The molecule has 2 aliphatic rings. The van der Waals surface area contributed by atoms with Crippen LogP contribution in [0.1, 0.15) is 25.7 Å². The molecular weight excluding hydrogens is 240 g/mol. The molecule has 3 rings (SSSR count). The molecule has 2 fully saturated rings. The van der Waals surface area contributed by atoms with Gasteiger partial charge in [0.2, 0.25) is 10.0 Å². The fourth-order valence-corrected chi connectivity index (χ4v) is 4.96. The summed E-state index contributed by atoms with van der Waals surface area (Å²) in [4.78, 5) is 3.10. The minimum Gasteiger partial charge on any atom is -0.393 e. The van der Waals surface area contributed by atoms with Gasteiger partial charge in [-0.2, -0.15) is 4.31 Å². The summed E-state index contributed by atoms with van der Waals surface area (Å²) in [5.41, 5.74) is 0. The van der Waals surface area contributed by atoms with E-state index >= 15 is 0 Å². The van der Waals surface area contributed by atoms with Crippen LogP contribution < -0.4 is 0 Å². The van der Waals surface area contributed by atoms with E-state index < -0.39 is 10.0 Å². The van der Waals surface area contributed by atoms with Crippen molar-refractivity contribution in [3.05, 3.63) is 18.5 Å². The second-order valence-corrected chi connectivity index (χ2v) is 6.74. The van der Waals surface area contributed by atoms with Crippen LogP contribution in [0.2, 0.25) is 0 Å². The molecule has 0 saturated carbocycles. The minimum atomic E-state index is -3.39. The van der Waals surface area contributed by atoms with Crippen molar-refractivity contribution in [1.29, 1.82) is 0 Å². The normalized spacial score (nSPS) is 34.1. The van der Waals surface area contributed by atoms with Gasteiger partial charge in [0.15, 0.2) is 0 Å². The second-order valence-electron chi connectivity index (χ2n) is 4.89. The van der Waals surface area contributed by atoms with Crippen molar-refractivity contribution < 1.29 is 13.5 Å². The standard InChI is InChI=1S/C11H16N2O3S/c14-10-5-8-1-2-9(6-10)13(8)17(15,16)11-3-4-12-7-11/h3-4,7-10,12,14H,1-2,5-6H2. The lowest BCUT2D eigenvalue weighted by Crippen LogP contribution is -2.47. The maximum atomic E-state index is 12.4. The summed E-state index contributed by atoms with van der Waals surface area (Å²) < 4.78 is 26.5. The highest BCUT2D eigenvalue weighted by Gasteiger charge is 2.46. The van der Waals surface area contributed by atoms with Crippen LogP contribution in [0, 0.1) is 0 Å². The Morgan fingerprint density at radius 1 is 1.29 bits per heavy atom. The van der Waals surface area contributed by atoms with Crippen LogP contribution in [-0.2, 0) is 10.0 Å². The van der Waals surface area contributed by atoms with Gasteiger partial charge in [0.1, 0.15) is 0 Å². The van der Waals surface area contributed by atoms with Crippen LogP contribution >= 0.6 is 0 Å². The second kappa shape index (κ2) is 3.83. The molecule has 0 radical (unpaired) electrons. The first-order chi connectivity index (χ1) is 8.09. The molecule has 2 bridgehead atoms. The number of aliphatic hydroxyl groups excluding tert-OH is 1. The molecule has 2 saturated heterocycles. The number of piperidine rings is 1. The van der Waals surface area contributed by atoms with E-state index in [0.717, 1.165) is 12.8 Å². The summed E-state index contributed by atoms with van der Waals surface area (Å²) in [6.07, 6.45) is 5.66. The lowest BCUT2D eigenvalue weighted by molar-refractivity contribution is 0.0769. The summed E-state index contributed by atoms with van der Waals surface area (Å²) in [7, 11) is -3.39. The van der Waals surface area contributed by atoms with E-state index in [9.17, 15) is 13.5 Å². The summed E-state index contributed by atoms with van der Waals surface area (Å²) in [6.45, 7) is 0. The fourth-order valence-electron chi connectivity index (χ4n) is 3.09. The molecule has 94 valence electrons. The number of aromatic nitrogens is 1. The molecule has 6 heteroatoms. The van der Waals surface area contributed by atoms with E-state index in [-0.39, 0.29) is 18.2 Å². The lowest BCUT2D eigenvalue weighted by Gasteiger charge is -2.35. The Kier molecular flexibility index (Phi) is 2.53. The first-order valence-electron chi connectivity index (χ1n) is 5.93. The predicted molar refractivity (Wildman–Crippen MR) is 61.9 cm³/mol. The Hall–Kier alpha value is -0.850. The first-order valence-corrected chi connectivity index (χ1v) is 7.37. The summed E-state index contributed by atoms with van der Waals surface area (Å²) in [5.74, 6) is 0. The Morgan fingerprint density at radius 2 is 1.94 bits per heavy atom. The Balaban J connectivity index is 1.96. The van der Waals surface area contributed by atoms with Crippen molar-refractivity contribution in [1.82, 2.24) is 9.29 Å². The third-order valence-corrected chi connectivity index (χ3v) is 5.79. The zero-order valence-corrected chi connectivity index (χ0v) is 10.2. The van der Waals surface area contributed by atoms with Gasteiger partial charge in [-0.3, -0.25) is 0 Å². The maximum absolute atomic E-state index is 12.4. The number of aromatic amines is 1. The Bertz CT molecular complexity index is 483. The van der Waals surface area contributed by atoms with Crippen LogP contribution in [0.3, 0.4) is 0 Å². The van der Waals surface area contributed by atoms with Crippen molar-refractivity contribution >= 4 is 10.0 Å². The van der Waals surface area contributed by atoms with Gasteiger partial charge in [-0.25, -0.2) is 8.42 Å². The molecule has 2 N–H and O–H groups in total. The molecule has 5 nitrogen and oxygen atoms in total. The number of sulfonamides is 1. The highest BCUT2D eigenvalue weighted by atomic mass is 32.2. The summed E-state index contributed by atoms with van der Waals surface area (Å²) in [6, 6.07) is 1.53. The number of H-pyrrole nitrogens is 1. The van der Waals surface area contributed by atoms with E-state index in [0.29, 0.717) is 17.7 Å². The summed E-state index contributed by atoms with van der Waals surface area (Å²) >= 11 is 0. The number of fused-ring (bicyclic) bond motifs is 2. The molecular formula is C11H16N2O3S. The van der Waals surface area contributed by atoms with Crippen LogP contribution in [0.15, 0.2) is 23.4 Å². The third kappa shape index (κ3) is 1.71. The average Bonchev–Trinajstić information content (AvgIpc) is 2.86. The maximum Gasteiger partial charge on any atom is 0.245 e. The molecule has 2 atom stereocenters. The highest BCUT2D eigenvalue weighted by Crippen LogP contribution is 2.39. The van der Waals surface area contributed by atoms with Crippen molar-refractivity contribution in [2.24, 2.45) is 0 Å². The van der Waals surface area contributed by atoms with E-state index in [1.54, 1.807) is 16.6 Å². The molecule has 1 aromatic rings. The number of nitrogens with zero attached hydrogens (tertiary/aromatic N) is 1. The smallest absolute Gasteiger partial charge is 0.245 e. The zero-order valence-electron chi connectivity index (χ0n) is 9.41. The van der Waals surface area contributed by atoms with Crippen LogP contribution in [0.5, 0.6) is 0 Å². The van der Waals surface area contributed by atoms with Gasteiger partial charge < -0.3 is 10.1 Å². The van der Waals surface area contributed by atoms with E-state index in [2.05, 4.69) is 4.98 Å². The van der Waals surface area contributed by atoms with E-state index in [1.807, 2.05) is 0 Å². The molecule has 1 aromatic heterocycles. The molecule has 0 amide bonds. The molecule has 0 aliphatic carbocycles. The lowest BCUT2D eigenvalue weighted by atomic mass is 10.0. The van der Waals surface area contributed by atoms with E-state index in [1.165, 1.54) is 6.20 Å². The quantitative estimate of drug-likeness (QED) is 0.817. The topological polar surface area (TPSA) is 73.4 Å². The average molecular weight is 256 g/mol.